The largest absolute Gasteiger partial charge is 0.497 e. The van der Waals surface area contributed by atoms with E-state index >= 15 is 0 Å². The van der Waals surface area contributed by atoms with E-state index in [0.29, 0.717) is 0 Å². The summed E-state index contributed by atoms with van der Waals surface area (Å²) in [6.07, 6.45) is 0. The number of methoxy groups -OCH3 is 2. The molecule has 126 valence electrons. The van der Waals surface area contributed by atoms with Crippen LogP contribution in [0.1, 0.15) is 11.1 Å². The van der Waals surface area contributed by atoms with Gasteiger partial charge < -0.3 is 19.7 Å². The van der Waals surface area contributed by atoms with E-state index in [-0.39, 0.29) is 0 Å². The third-order valence-electron chi connectivity index (χ3n) is 4.08. The second-order valence-electron chi connectivity index (χ2n) is 5.64. The Bertz CT molecular complexity index is 701. The van der Waals surface area contributed by atoms with Gasteiger partial charge in [0.2, 0.25) is 0 Å². The molecule has 0 spiro atoms. The number of hydrogen-bond donors (Lipinski definition) is 1. The molecule has 3 rings (SSSR count). The average molecular weight is 325 g/mol. The summed E-state index contributed by atoms with van der Waals surface area (Å²) in [6, 6.07) is 16.3. The smallest absolute Gasteiger partial charge is 0.194 e. The van der Waals surface area contributed by atoms with Crippen molar-refractivity contribution in [2.75, 3.05) is 27.3 Å². The van der Waals surface area contributed by atoms with Crippen LogP contribution in [0.25, 0.3) is 0 Å². The van der Waals surface area contributed by atoms with Crippen LogP contribution in [0.3, 0.4) is 0 Å². The lowest BCUT2D eigenvalue weighted by atomic mass is 10.1. The molecule has 0 saturated carbocycles. The third kappa shape index (κ3) is 3.79. The van der Waals surface area contributed by atoms with Crippen molar-refractivity contribution < 1.29 is 9.47 Å². The minimum Gasteiger partial charge on any atom is -0.497 e. The van der Waals surface area contributed by atoms with Gasteiger partial charge in [0, 0.05) is 31.3 Å². The predicted octanol–water partition coefficient (Wildman–Crippen LogP) is 2.67. The minimum absolute atomic E-state index is 0.758. The lowest BCUT2D eigenvalue weighted by Crippen LogP contribution is -2.37. The molecule has 1 aliphatic rings. The Labute approximate surface area is 142 Å². The zero-order chi connectivity index (χ0) is 16.8. The van der Waals surface area contributed by atoms with Crippen LogP contribution in [0, 0.1) is 0 Å². The molecular formula is C19H23N3O2. The van der Waals surface area contributed by atoms with Gasteiger partial charge in [0.25, 0.3) is 0 Å². The summed E-state index contributed by atoms with van der Waals surface area (Å²) >= 11 is 0. The maximum Gasteiger partial charge on any atom is 0.194 e. The van der Waals surface area contributed by atoms with Gasteiger partial charge in [-0.05, 0) is 17.7 Å². The van der Waals surface area contributed by atoms with E-state index in [1.165, 1.54) is 5.56 Å². The standard InChI is InChI=1S/C19H23N3O2/c1-23-17-9-8-16(18(12-17)24-2)14-22-11-10-20-19(22)21-13-15-6-4-3-5-7-15/h3-9,12H,10-11,13-14H2,1-2H3,(H,20,21). The Hall–Kier alpha value is -2.69. The van der Waals surface area contributed by atoms with Gasteiger partial charge in [0.05, 0.1) is 20.8 Å². The van der Waals surface area contributed by atoms with Gasteiger partial charge in [-0.2, -0.15) is 0 Å². The van der Waals surface area contributed by atoms with Gasteiger partial charge in [-0.15, -0.1) is 0 Å². The highest BCUT2D eigenvalue weighted by molar-refractivity contribution is 5.81. The monoisotopic (exact) mass is 325 g/mol. The van der Waals surface area contributed by atoms with Crippen LogP contribution >= 0.6 is 0 Å². The highest BCUT2D eigenvalue weighted by Gasteiger charge is 2.18. The van der Waals surface area contributed by atoms with E-state index < -0.39 is 0 Å². The second-order valence-corrected chi connectivity index (χ2v) is 5.64. The molecule has 0 aromatic heterocycles. The molecule has 0 bridgehead atoms. The third-order valence-corrected chi connectivity index (χ3v) is 4.08. The number of hydrogen-bond acceptors (Lipinski definition) is 5. The molecular weight excluding hydrogens is 302 g/mol. The van der Waals surface area contributed by atoms with Crippen LogP contribution in [-0.4, -0.2) is 38.2 Å². The number of nitrogens with one attached hydrogen (secondary N) is 1. The van der Waals surface area contributed by atoms with Gasteiger partial charge in [-0.1, -0.05) is 30.3 Å². The molecule has 2 aromatic rings. The molecule has 1 heterocycles. The Kier molecular flexibility index (Phi) is 5.21. The number of benzene rings is 2. The summed E-state index contributed by atoms with van der Waals surface area (Å²) < 4.78 is 10.8. The van der Waals surface area contributed by atoms with E-state index in [0.717, 1.165) is 49.2 Å². The molecule has 0 saturated heterocycles. The second kappa shape index (κ2) is 7.73. The van der Waals surface area contributed by atoms with Crippen LogP contribution < -0.4 is 14.8 Å². The highest BCUT2D eigenvalue weighted by Crippen LogP contribution is 2.26. The Morgan fingerprint density at radius 2 is 1.92 bits per heavy atom. The predicted molar refractivity (Wildman–Crippen MR) is 95.5 cm³/mol. The number of aliphatic imine (C=N–C) groups is 1. The zero-order valence-electron chi connectivity index (χ0n) is 14.2. The summed E-state index contributed by atoms with van der Waals surface area (Å²) in [6.45, 7) is 3.26. The van der Waals surface area contributed by atoms with Gasteiger partial charge in [-0.3, -0.25) is 4.99 Å². The molecule has 0 unspecified atom stereocenters. The lowest BCUT2D eigenvalue weighted by Gasteiger charge is -2.22. The maximum absolute atomic E-state index is 5.50. The fraction of sp³-hybridized carbons (Fsp3) is 0.316. The summed E-state index contributed by atoms with van der Waals surface area (Å²) in [7, 11) is 3.35. The van der Waals surface area contributed by atoms with Crippen LogP contribution in [0.15, 0.2) is 53.5 Å². The van der Waals surface area contributed by atoms with Crippen molar-refractivity contribution in [1.29, 1.82) is 0 Å². The molecule has 5 nitrogen and oxygen atoms in total. The molecule has 0 fully saturated rings. The van der Waals surface area contributed by atoms with E-state index in [1.807, 2.05) is 36.4 Å². The molecule has 1 N–H and O–H groups in total. The molecule has 24 heavy (non-hydrogen) atoms. The lowest BCUT2D eigenvalue weighted by molar-refractivity contribution is 0.377. The van der Waals surface area contributed by atoms with E-state index in [4.69, 9.17) is 9.47 Å². The maximum atomic E-state index is 5.50. The van der Waals surface area contributed by atoms with Crippen molar-refractivity contribution in [3.05, 3.63) is 59.7 Å². The molecule has 1 aliphatic heterocycles. The summed E-state index contributed by atoms with van der Waals surface area (Å²) in [5, 5.41) is 3.44. The van der Waals surface area contributed by atoms with Crippen molar-refractivity contribution >= 4 is 5.96 Å². The molecule has 2 aromatic carbocycles. The average Bonchev–Trinajstić information content (AvgIpc) is 3.08. The number of guanidine groups is 1. The molecule has 5 heteroatoms. The van der Waals surface area contributed by atoms with Crippen LogP contribution in [-0.2, 0) is 13.1 Å². The van der Waals surface area contributed by atoms with Crippen LogP contribution in [0.5, 0.6) is 11.5 Å². The molecule has 0 amide bonds. The van der Waals surface area contributed by atoms with Crippen molar-refractivity contribution in [3.8, 4) is 11.5 Å². The number of rotatable bonds is 6. The first-order valence-corrected chi connectivity index (χ1v) is 8.08. The first kappa shape index (κ1) is 16.2. The van der Waals surface area contributed by atoms with E-state index in [9.17, 15) is 0 Å². The van der Waals surface area contributed by atoms with Gasteiger partial charge in [-0.25, -0.2) is 0 Å². The fourth-order valence-corrected chi connectivity index (χ4v) is 2.77. The van der Waals surface area contributed by atoms with E-state index in [1.54, 1.807) is 14.2 Å². The van der Waals surface area contributed by atoms with E-state index in [2.05, 4.69) is 27.3 Å². The van der Waals surface area contributed by atoms with Crippen molar-refractivity contribution in [2.45, 2.75) is 13.1 Å². The molecule has 0 atom stereocenters. The Balaban J connectivity index is 1.65. The minimum atomic E-state index is 0.758. The van der Waals surface area contributed by atoms with Gasteiger partial charge in [0.15, 0.2) is 5.96 Å². The Morgan fingerprint density at radius 3 is 2.67 bits per heavy atom. The van der Waals surface area contributed by atoms with Gasteiger partial charge in [0.1, 0.15) is 11.5 Å². The SMILES string of the molecule is COc1ccc(CN2CCN=C2NCc2ccccc2)c(OC)c1. The van der Waals surface area contributed by atoms with Crippen molar-refractivity contribution in [1.82, 2.24) is 10.2 Å². The number of nitrogens with zero attached hydrogens (tertiary/aromatic N) is 2. The molecule has 0 aliphatic carbocycles. The highest BCUT2D eigenvalue weighted by atomic mass is 16.5. The number of ether oxygens (including phenoxy) is 2. The zero-order valence-corrected chi connectivity index (χ0v) is 14.2. The Morgan fingerprint density at radius 1 is 1.08 bits per heavy atom. The topological polar surface area (TPSA) is 46.1 Å². The van der Waals surface area contributed by atoms with Crippen molar-refractivity contribution in [3.63, 3.8) is 0 Å². The first-order valence-electron chi connectivity index (χ1n) is 8.08. The van der Waals surface area contributed by atoms with Gasteiger partial charge >= 0.3 is 0 Å². The summed E-state index contributed by atoms with van der Waals surface area (Å²) in [5.74, 6) is 2.58. The first-order chi connectivity index (χ1) is 11.8. The quantitative estimate of drug-likeness (QED) is 0.887. The normalized spacial score (nSPS) is 13.6. The summed E-state index contributed by atoms with van der Waals surface area (Å²) in [4.78, 5) is 6.83. The van der Waals surface area contributed by atoms with Crippen LogP contribution in [0.2, 0.25) is 0 Å². The summed E-state index contributed by atoms with van der Waals surface area (Å²) in [5.41, 5.74) is 2.36. The fourth-order valence-electron chi connectivity index (χ4n) is 2.77. The van der Waals surface area contributed by atoms with Crippen molar-refractivity contribution in [2.24, 2.45) is 4.99 Å². The molecule has 0 radical (unpaired) electrons. The van der Waals surface area contributed by atoms with Crippen LogP contribution in [0.4, 0.5) is 0 Å².